The van der Waals surface area contributed by atoms with Gasteiger partial charge in [-0.2, -0.15) is 0 Å². The van der Waals surface area contributed by atoms with Crippen molar-refractivity contribution >= 4 is 11.9 Å². The van der Waals surface area contributed by atoms with Crippen LogP contribution in [0.2, 0.25) is 0 Å². The van der Waals surface area contributed by atoms with Crippen LogP contribution in [0.4, 0.5) is 0 Å². The van der Waals surface area contributed by atoms with Crippen LogP contribution in [0.25, 0.3) is 0 Å². The SMILES string of the molecule is COCCCCC(=O)N(C)C(C)C(=O)O. The molecule has 0 saturated heterocycles. The van der Waals surface area contributed by atoms with E-state index in [4.69, 9.17) is 9.84 Å². The van der Waals surface area contributed by atoms with Gasteiger partial charge in [0.05, 0.1) is 0 Å². The smallest absolute Gasteiger partial charge is 0.326 e. The van der Waals surface area contributed by atoms with E-state index in [1.807, 2.05) is 0 Å². The van der Waals surface area contributed by atoms with E-state index in [1.165, 1.54) is 18.9 Å². The largest absolute Gasteiger partial charge is 0.480 e. The van der Waals surface area contributed by atoms with Crippen LogP contribution < -0.4 is 0 Å². The second-order valence-electron chi connectivity index (χ2n) is 3.47. The molecule has 0 radical (unpaired) electrons. The number of amides is 1. The van der Waals surface area contributed by atoms with Crippen molar-refractivity contribution in [2.45, 2.75) is 32.2 Å². The first-order valence-corrected chi connectivity index (χ1v) is 4.98. The van der Waals surface area contributed by atoms with E-state index in [9.17, 15) is 9.59 Å². The highest BCUT2D eigenvalue weighted by Gasteiger charge is 2.20. The number of unbranched alkanes of at least 4 members (excludes halogenated alkanes) is 1. The Morgan fingerprint density at radius 3 is 2.47 bits per heavy atom. The number of hydrogen-bond acceptors (Lipinski definition) is 3. The van der Waals surface area contributed by atoms with Gasteiger partial charge in [0, 0.05) is 27.2 Å². The molecule has 1 atom stereocenters. The van der Waals surface area contributed by atoms with Crippen molar-refractivity contribution in [2.24, 2.45) is 0 Å². The Labute approximate surface area is 90.0 Å². The topological polar surface area (TPSA) is 66.8 Å². The third kappa shape index (κ3) is 5.37. The number of carbonyl (C=O) groups excluding carboxylic acids is 1. The zero-order valence-corrected chi connectivity index (χ0v) is 9.52. The molecule has 0 bridgehead atoms. The fourth-order valence-electron chi connectivity index (χ4n) is 1.08. The molecule has 1 unspecified atom stereocenters. The Balaban J connectivity index is 3.84. The summed E-state index contributed by atoms with van der Waals surface area (Å²) in [4.78, 5) is 23.3. The highest BCUT2D eigenvalue weighted by Crippen LogP contribution is 2.03. The first-order valence-electron chi connectivity index (χ1n) is 4.98. The zero-order valence-electron chi connectivity index (χ0n) is 9.52. The van der Waals surface area contributed by atoms with Gasteiger partial charge in [-0.25, -0.2) is 4.79 Å². The van der Waals surface area contributed by atoms with E-state index in [1.54, 1.807) is 7.11 Å². The lowest BCUT2D eigenvalue weighted by atomic mass is 10.2. The molecule has 0 aliphatic rings. The molecule has 0 aliphatic heterocycles. The summed E-state index contributed by atoms with van der Waals surface area (Å²) in [5, 5.41) is 8.70. The summed E-state index contributed by atoms with van der Waals surface area (Å²) in [7, 11) is 3.12. The molecule has 5 heteroatoms. The Bertz CT molecular complexity index is 217. The molecule has 0 spiro atoms. The van der Waals surface area contributed by atoms with E-state index < -0.39 is 12.0 Å². The van der Waals surface area contributed by atoms with E-state index in [0.29, 0.717) is 13.0 Å². The second-order valence-corrected chi connectivity index (χ2v) is 3.47. The number of methoxy groups -OCH3 is 1. The minimum Gasteiger partial charge on any atom is -0.480 e. The van der Waals surface area contributed by atoms with Crippen LogP contribution in [0.15, 0.2) is 0 Å². The van der Waals surface area contributed by atoms with Gasteiger partial charge >= 0.3 is 5.97 Å². The summed E-state index contributed by atoms with van der Waals surface area (Å²) in [6.07, 6.45) is 1.92. The summed E-state index contributed by atoms with van der Waals surface area (Å²) >= 11 is 0. The average molecular weight is 217 g/mol. The van der Waals surface area contributed by atoms with Crippen LogP contribution >= 0.6 is 0 Å². The molecule has 1 N–H and O–H groups in total. The number of aliphatic carboxylic acids is 1. The van der Waals surface area contributed by atoms with Crippen molar-refractivity contribution in [3.05, 3.63) is 0 Å². The van der Waals surface area contributed by atoms with Gasteiger partial charge in [0.15, 0.2) is 0 Å². The second kappa shape index (κ2) is 7.23. The summed E-state index contributed by atoms with van der Waals surface area (Å²) in [5.74, 6) is -1.12. The number of carbonyl (C=O) groups is 2. The van der Waals surface area contributed by atoms with Crippen molar-refractivity contribution in [3.8, 4) is 0 Å². The van der Waals surface area contributed by atoms with Crippen LogP contribution in [-0.2, 0) is 14.3 Å². The van der Waals surface area contributed by atoms with Crippen molar-refractivity contribution in [1.82, 2.24) is 4.90 Å². The Morgan fingerprint density at radius 1 is 1.40 bits per heavy atom. The van der Waals surface area contributed by atoms with Gasteiger partial charge in [-0.1, -0.05) is 0 Å². The molecule has 0 fully saturated rings. The minimum absolute atomic E-state index is 0.138. The summed E-state index contributed by atoms with van der Waals surface area (Å²) in [6, 6.07) is -0.764. The number of likely N-dealkylation sites (N-methyl/N-ethyl adjacent to an activating group) is 1. The van der Waals surface area contributed by atoms with Gasteiger partial charge in [0.1, 0.15) is 6.04 Å². The molecule has 0 rings (SSSR count). The predicted molar refractivity (Wildman–Crippen MR) is 55.6 cm³/mol. The highest BCUT2D eigenvalue weighted by molar-refractivity contribution is 5.83. The van der Waals surface area contributed by atoms with Crippen LogP contribution in [0.3, 0.4) is 0 Å². The monoisotopic (exact) mass is 217 g/mol. The first-order chi connectivity index (χ1) is 7.00. The van der Waals surface area contributed by atoms with Crippen LogP contribution in [0, 0.1) is 0 Å². The number of carboxylic acid groups (broad SMARTS) is 1. The van der Waals surface area contributed by atoms with Crippen LogP contribution in [-0.4, -0.2) is 48.7 Å². The lowest BCUT2D eigenvalue weighted by Crippen LogP contribution is -2.40. The Hall–Kier alpha value is -1.10. The maximum Gasteiger partial charge on any atom is 0.326 e. The highest BCUT2D eigenvalue weighted by atomic mass is 16.5. The Kier molecular flexibility index (Phi) is 6.70. The fraction of sp³-hybridized carbons (Fsp3) is 0.800. The number of nitrogens with zero attached hydrogens (tertiary/aromatic N) is 1. The standard InChI is InChI=1S/C10H19NO4/c1-8(10(13)14)11(2)9(12)6-4-5-7-15-3/h8H,4-7H2,1-3H3,(H,13,14). The lowest BCUT2D eigenvalue weighted by molar-refractivity contribution is -0.148. The Morgan fingerprint density at radius 2 is 2.00 bits per heavy atom. The molecule has 5 nitrogen and oxygen atoms in total. The average Bonchev–Trinajstić information content (AvgIpc) is 2.21. The summed E-state index contributed by atoms with van der Waals surface area (Å²) in [5.41, 5.74) is 0. The molecule has 0 saturated carbocycles. The number of ether oxygens (including phenoxy) is 1. The fourth-order valence-corrected chi connectivity index (χ4v) is 1.08. The van der Waals surface area contributed by atoms with E-state index in [2.05, 4.69) is 0 Å². The van der Waals surface area contributed by atoms with Gasteiger partial charge in [-0.15, -0.1) is 0 Å². The normalized spacial score (nSPS) is 12.2. The van der Waals surface area contributed by atoms with E-state index in [0.717, 1.165) is 12.8 Å². The van der Waals surface area contributed by atoms with Crippen LogP contribution in [0.1, 0.15) is 26.2 Å². The third-order valence-electron chi connectivity index (χ3n) is 2.32. The van der Waals surface area contributed by atoms with Gasteiger partial charge in [-0.3, -0.25) is 4.79 Å². The van der Waals surface area contributed by atoms with Gasteiger partial charge in [0.25, 0.3) is 0 Å². The van der Waals surface area contributed by atoms with Crippen LogP contribution in [0.5, 0.6) is 0 Å². The molecule has 0 aromatic carbocycles. The molecular formula is C10H19NO4. The maximum atomic E-state index is 11.5. The van der Waals surface area contributed by atoms with Gasteiger partial charge < -0.3 is 14.7 Å². The maximum absolute atomic E-state index is 11.5. The van der Waals surface area contributed by atoms with Gasteiger partial charge in [0.2, 0.25) is 5.91 Å². The molecule has 0 aromatic rings. The lowest BCUT2D eigenvalue weighted by Gasteiger charge is -2.21. The minimum atomic E-state index is -0.984. The molecular weight excluding hydrogens is 198 g/mol. The first kappa shape index (κ1) is 13.9. The van der Waals surface area contributed by atoms with Crippen molar-refractivity contribution < 1.29 is 19.4 Å². The molecule has 88 valence electrons. The van der Waals surface area contributed by atoms with Crippen molar-refractivity contribution in [2.75, 3.05) is 20.8 Å². The number of rotatable bonds is 7. The van der Waals surface area contributed by atoms with Gasteiger partial charge in [-0.05, 0) is 19.8 Å². The molecule has 15 heavy (non-hydrogen) atoms. The van der Waals surface area contributed by atoms with E-state index in [-0.39, 0.29) is 5.91 Å². The molecule has 0 aliphatic carbocycles. The zero-order chi connectivity index (χ0) is 11.8. The number of hydrogen-bond donors (Lipinski definition) is 1. The summed E-state index contributed by atoms with van der Waals surface area (Å²) < 4.78 is 4.85. The molecule has 1 amide bonds. The summed E-state index contributed by atoms with van der Waals surface area (Å²) in [6.45, 7) is 2.13. The predicted octanol–water partition coefficient (Wildman–Crippen LogP) is 0.735. The van der Waals surface area contributed by atoms with Crippen molar-refractivity contribution in [1.29, 1.82) is 0 Å². The quantitative estimate of drug-likeness (QED) is 0.638. The molecule has 0 aromatic heterocycles. The third-order valence-corrected chi connectivity index (χ3v) is 2.32. The number of carboxylic acids is 1. The van der Waals surface area contributed by atoms with Crippen molar-refractivity contribution in [3.63, 3.8) is 0 Å². The van der Waals surface area contributed by atoms with E-state index >= 15 is 0 Å². The molecule has 0 heterocycles.